The Hall–Kier alpha value is -3.75. The first-order valence-electron chi connectivity index (χ1n) is 8.31. The highest BCUT2D eigenvalue weighted by Crippen LogP contribution is 2.32. The molecule has 0 fully saturated rings. The molecule has 0 saturated carbocycles. The van der Waals surface area contributed by atoms with Crippen LogP contribution in [0.25, 0.3) is 0 Å². The Morgan fingerprint density at radius 1 is 1.00 bits per heavy atom. The Morgan fingerprint density at radius 2 is 1.79 bits per heavy atom. The van der Waals surface area contributed by atoms with Crippen LogP contribution >= 0.6 is 0 Å². The monoisotopic (exact) mass is 384 g/mol. The van der Waals surface area contributed by atoms with E-state index in [2.05, 4.69) is 20.8 Å². The zero-order valence-electron chi connectivity index (χ0n) is 14.4. The molecule has 2 N–H and O–H groups in total. The molecule has 1 aliphatic rings. The summed E-state index contributed by atoms with van der Waals surface area (Å²) in [4.78, 5) is 12.2. The lowest BCUT2D eigenvalue weighted by atomic mass is 10.2. The zero-order chi connectivity index (χ0) is 19.5. The van der Waals surface area contributed by atoms with Gasteiger partial charge in [-0.2, -0.15) is 0 Å². The molecule has 0 aliphatic carbocycles. The maximum atomic E-state index is 13.7. The Kier molecular flexibility index (Phi) is 4.71. The van der Waals surface area contributed by atoms with Crippen molar-refractivity contribution < 1.29 is 23.0 Å². The van der Waals surface area contributed by atoms with Gasteiger partial charge in [-0.15, -0.1) is 10.2 Å². The van der Waals surface area contributed by atoms with E-state index >= 15 is 0 Å². The molecule has 7 nitrogen and oxygen atoms in total. The van der Waals surface area contributed by atoms with Crippen LogP contribution in [-0.4, -0.2) is 22.9 Å². The molecule has 0 atom stereocenters. The fraction of sp³-hybridized carbons (Fsp3) is 0.105. The van der Waals surface area contributed by atoms with Gasteiger partial charge in [0, 0.05) is 6.54 Å². The fourth-order valence-electron chi connectivity index (χ4n) is 2.59. The molecular weight excluding hydrogens is 370 g/mol. The van der Waals surface area contributed by atoms with Crippen LogP contribution in [0.1, 0.15) is 16.1 Å². The van der Waals surface area contributed by atoms with Crippen molar-refractivity contribution in [1.82, 2.24) is 15.5 Å². The predicted octanol–water partition coefficient (Wildman–Crippen LogP) is 3.16. The third kappa shape index (κ3) is 3.68. The standard InChI is InChI=1S/C19H14F2N4O3/c20-12-2-1-3-13(21)18(12)23-17-7-5-14(24-25-17)19(26)22-9-11-4-6-15-16(8-11)28-10-27-15/h1-8H,9-10H2,(H,22,26)(H,23,25). The summed E-state index contributed by atoms with van der Waals surface area (Å²) in [5.74, 6) is -0.553. The number of hydrogen-bond donors (Lipinski definition) is 2. The highest BCUT2D eigenvalue weighted by molar-refractivity contribution is 5.92. The lowest BCUT2D eigenvalue weighted by molar-refractivity contribution is 0.0945. The summed E-state index contributed by atoms with van der Waals surface area (Å²) in [5, 5.41) is 12.8. The highest BCUT2D eigenvalue weighted by atomic mass is 19.1. The summed E-state index contributed by atoms with van der Waals surface area (Å²) in [6.07, 6.45) is 0. The molecular formula is C19H14F2N4O3. The summed E-state index contributed by atoms with van der Waals surface area (Å²) in [5.41, 5.74) is 0.566. The molecule has 1 aromatic heterocycles. The van der Waals surface area contributed by atoms with Crippen LogP contribution in [0, 0.1) is 11.6 Å². The van der Waals surface area contributed by atoms with Gasteiger partial charge in [0.2, 0.25) is 6.79 Å². The molecule has 4 rings (SSSR count). The first-order valence-corrected chi connectivity index (χ1v) is 8.31. The highest BCUT2D eigenvalue weighted by Gasteiger charge is 2.15. The largest absolute Gasteiger partial charge is 0.454 e. The van der Waals surface area contributed by atoms with E-state index in [-0.39, 0.29) is 30.5 Å². The second kappa shape index (κ2) is 7.47. The average Bonchev–Trinajstić information content (AvgIpc) is 3.17. The Morgan fingerprint density at radius 3 is 2.54 bits per heavy atom. The van der Waals surface area contributed by atoms with E-state index in [9.17, 15) is 13.6 Å². The van der Waals surface area contributed by atoms with Gasteiger partial charge in [-0.3, -0.25) is 4.79 Å². The number of para-hydroxylation sites is 1. The van der Waals surface area contributed by atoms with Gasteiger partial charge >= 0.3 is 0 Å². The minimum atomic E-state index is -0.757. The number of ether oxygens (including phenoxy) is 2. The first kappa shape index (κ1) is 17.7. The Labute approximate surface area is 158 Å². The second-order valence-corrected chi connectivity index (χ2v) is 5.90. The molecule has 2 aromatic carbocycles. The number of carbonyl (C=O) groups is 1. The molecule has 0 spiro atoms. The van der Waals surface area contributed by atoms with Gasteiger partial charge in [-0.05, 0) is 42.0 Å². The van der Waals surface area contributed by atoms with Gasteiger partial charge in [0.05, 0.1) is 0 Å². The normalized spacial score (nSPS) is 11.9. The van der Waals surface area contributed by atoms with E-state index in [0.29, 0.717) is 11.5 Å². The summed E-state index contributed by atoms with van der Waals surface area (Å²) in [6.45, 7) is 0.440. The summed E-state index contributed by atoms with van der Waals surface area (Å²) < 4.78 is 37.8. The number of anilines is 2. The lowest BCUT2D eigenvalue weighted by Crippen LogP contribution is -2.24. The van der Waals surface area contributed by atoms with Gasteiger partial charge < -0.3 is 20.1 Å². The third-order valence-corrected chi connectivity index (χ3v) is 4.00. The van der Waals surface area contributed by atoms with Gasteiger partial charge in [-0.25, -0.2) is 8.78 Å². The molecule has 3 aromatic rings. The van der Waals surface area contributed by atoms with Crippen LogP contribution in [0.15, 0.2) is 48.5 Å². The van der Waals surface area contributed by atoms with Crippen molar-refractivity contribution in [2.75, 3.05) is 12.1 Å². The molecule has 0 unspecified atom stereocenters. The number of hydrogen-bond acceptors (Lipinski definition) is 6. The van der Waals surface area contributed by atoms with Crippen molar-refractivity contribution in [1.29, 1.82) is 0 Å². The van der Waals surface area contributed by atoms with E-state index in [1.54, 1.807) is 12.1 Å². The van der Waals surface area contributed by atoms with Crippen molar-refractivity contribution in [2.45, 2.75) is 6.54 Å². The van der Waals surface area contributed by atoms with Crippen LogP contribution in [0.3, 0.4) is 0 Å². The van der Waals surface area contributed by atoms with E-state index < -0.39 is 17.5 Å². The van der Waals surface area contributed by atoms with Crippen molar-refractivity contribution in [3.8, 4) is 11.5 Å². The second-order valence-electron chi connectivity index (χ2n) is 5.90. The minimum absolute atomic E-state index is 0.0697. The Balaban J connectivity index is 1.39. The van der Waals surface area contributed by atoms with Crippen molar-refractivity contribution in [2.24, 2.45) is 0 Å². The fourth-order valence-corrected chi connectivity index (χ4v) is 2.59. The van der Waals surface area contributed by atoms with Crippen LogP contribution in [0.5, 0.6) is 11.5 Å². The number of rotatable bonds is 5. The van der Waals surface area contributed by atoms with Gasteiger partial charge in [0.15, 0.2) is 23.0 Å². The predicted molar refractivity (Wildman–Crippen MR) is 95.4 cm³/mol. The molecule has 0 radical (unpaired) electrons. The number of nitrogens with one attached hydrogen (secondary N) is 2. The van der Waals surface area contributed by atoms with Gasteiger partial charge in [-0.1, -0.05) is 12.1 Å². The summed E-state index contributed by atoms with van der Waals surface area (Å²) >= 11 is 0. The lowest BCUT2D eigenvalue weighted by Gasteiger charge is -2.08. The zero-order valence-corrected chi connectivity index (χ0v) is 14.4. The van der Waals surface area contributed by atoms with Crippen molar-refractivity contribution >= 4 is 17.4 Å². The number of carbonyl (C=O) groups excluding carboxylic acids is 1. The molecule has 28 heavy (non-hydrogen) atoms. The van der Waals surface area contributed by atoms with Crippen LogP contribution in [0.4, 0.5) is 20.3 Å². The maximum absolute atomic E-state index is 13.7. The van der Waals surface area contributed by atoms with Crippen molar-refractivity contribution in [3.05, 3.63) is 71.4 Å². The van der Waals surface area contributed by atoms with Crippen LogP contribution in [-0.2, 0) is 6.54 Å². The smallest absolute Gasteiger partial charge is 0.272 e. The quantitative estimate of drug-likeness (QED) is 0.703. The molecule has 9 heteroatoms. The average molecular weight is 384 g/mol. The van der Waals surface area contributed by atoms with E-state index in [1.165, 1.54) is 18.2 Å². The number of aromatic nitrogens is 2. The molecule has 1 aliphatic heterocycles. The Bertz CT molecular complexity index is 1010. The van der Waals surface area contributed by atoms with E-state index in [0.717, 1.165) is 17.7 Å². The van der Waals surface area contributed by atoms with Crippen LogP contribution in [0.2, 0.25) is 0 Å². The van der Waals surface area contributed by atoms with Gasteiger partial charge in [0.25, 0.3) is 5.91 Å². The molecule has 2 heterocycles. The minimum Gasteiger partial charge on any atom is -0.454 e. The first-order chi connectivity index (χ1) is 13.6. The topological polar surface area (TPSA) is 85.4 Å². The van der Waals surface area contributed by atoms with Crippen molar-refractivity contribution in [3.63, 3.8) is 0 Å². The molecule has 142 valence electrons. The van der Waals surface area contributed by atoms with E-state index in [4.69, 9.17) is 9.47 Å². The summed E-state index contributed by atoms with van der Waals surface area (Å²) in [6, 6.07) is 11.7. The third-order valence-electron chi connectivity index (χ3n) is 4.00. The summed E-state index contributed by atoms with van der Waals surface area (Å²) in [7, 11) is 0. The number of halogens is 2. The number of nitrogens with zero attached hydrogens (tertiary/aromatic N) is 2. The molecule has 0 saturated heterocycles. The maximum Gasteiger partial charge on any atom is 0.272 e. The number of benzene rings is 2. The SMILES string of the molecule is O=C(NCc1ccc2c(c1)OCO2)c1ccc(Nc2c(F)cccc2F)nn1. The molecule has 0 bridgehead atoms. The number of fused-ring (bicyclic) bond motifs is 1. The van der Waals surface area contributed by atoms with Gasteiger partial charge in [0.1, 0.15) is 17.3 Å². The van der Waals surface area contributed by atoms with Crippen LogP contribution < -0.4 is 20.1 Å². The van der Waals surface area contributed by atoms with E-state index in [1.807, 2.05) is 6.07 Å². The number of amides is 1. The molecule has 1 amide bonds.